The molecule has 1 N–H and O–H groups in total. The average Bonchev–Trinajstić information content (AvgIpc) is 3.34. The van der Waals surface area contributed by atoms with Gasteiger partial charge in [0.25, 0.3) is 5.91 Å². The number of carbonyl (C=O) groups is 1. The quantitative estimate of drug-likeness (QED) is 0.761. The zero-order chi connectivity index (χ0) is 20.1. The number of hydrogen-bond acceptors (Lipinski definition) is 4. The van der Waals surface area contributed by atoms with Gasteiger partial charge in [0.15, 0.2) is 0 Å². The third-order valence-corrected chi connectivity index (χ3v) is 6.67. The van der Waals surface area contributed by atoms with Gasteiger partial charge in [-0.15, -0.1) is 12.4 Å². The summed E-state index contributed by atoms with van der Waals surface area (Å²) in [7, 11) is 1.70. The van der Waals surface area contributed by atoms with Crippen molar-refractivity contribution in [3.8, 4) is 5.75 Å². The normalized spacial score (nSPS) is 19.2. The molecular weight excluding hydrogens is 400 g/mol. The first-order chi connectivity index (χ1) is 14.2. The molecule has 2 aliphatic rings. The Morgan fingerprint density at radius 3 is 2.50 bits per heavy atom. The summed E-state index contributed by atoms with van der Waals surface area (Å²) in [6.45, 7) is 3.46. The van der Waals surface area contributed by atoms with Crippen LogP contribution in [0, 0.1) is 5.92 Å². The Morgan fingerprint density at radius 1 is 1.20 bits per heavy atom. The van der Waals surface area contributed by atoms with Crippen LogP contribution >= 0.6 is 12.4 Å². The molecule has 164 valence electrons. The Kier molecular flexibility index (Phi) is 7.78. The number of nitrogens with one attached hydrogen (secondary N) is 1. The number of hydrogen-bond donors (Lipinski definition) is 1. The van der Waals surface area contributed by atoms with E-state index in [9.17, 15) is 4.79 Å². The fourth-order valence-corrected chi connectivity index (χ4v) is 4.79. The molecule has 0 atom stereocenters. The molecule has 0 radical (unpaired) electrons. The highest BCUT2D eigenvalue weighted by molar-refractivity contribution is 5.85. The number of ether oxygens (including phenoxy) is 1. The maximum atomic E-state index is 13.5. The third kappa shape index (κ3) is 4.81. The first kappa shape index (κ1) is 22.6. The second-order valence-corrected chi connectivity index (χ2v) is 8.35. The lowest BCUT2D eigenvalue weighted by Crippen LogP contribution is -2.57. The minimum atomic E-state index is -0.509. The van der Waals surface area contributed by atoms with Crippen LogP contribution in [0.3, 0.4) is 0 Å². The van der Waals surface area contributed by atoms with Crippen molar-refractivity contribution in [1.82, 2.24) is 20.0 Å². The van der Waals surface area contributed by atoms with Gasteiger partial charge in [-0.1, -0.05) is 12.1 Å². The molecule has 7 heteroatoms. The molecule has 2 aliphatic heterocycles. The lowest BCUT2D eigenvalue weighted by atomic mass is 9.84. The lowest BCUT2D eigenvalue weighted by molar-refractivity contribution is -0.144. The zero-order valence-electron chi connectivity index (χ0n) is 17.8. The molecule has 1 aromatic heterocycles. The van der Waals surface area contributed by atoms with E-state index in [-0.39, 0.29) is 18.3 Å². The van der Waals surface area contributed by atoms with E-state index in [1.165, 1.54) is 12.0 Å². The number of piperidine rings is 2. The van der Waals surface area contributed by atoms with E-state index in [2.05, 4.69) is 27.4 Å². The number of benzene rings is 1. The largest absolute Gasteiger partial charge is 0.497 e. The second-order valence-electron chi connectivity index (χ2n) is 8.35. The SMILES string of the molecule is COc1ccc(CCC2CCN(C(=O)C3(n4cccn4)CCNCC3)CC2)cc1.Cl. The molecule has 2 saturated heterocycles. The monoisotopic (exact) mass is 432 g/mol. The van der Waals surface area contributed by atoms with Crippen LogP contribution < -0.4 is 10.1 Å². The molecule has 0 bridgehead atoms. The van der Waals surface area contributed by atoms with Gasteiger partial charge in [-0.05, 0) is 81.3 Å². The number of rotatable bonds is 6. The standard InChI is InChI=1S/C23H32N4O2.ClH/c1-29-21-7-5-19(6-8-21)3-4-20-9-17-26(18-10-20)22(28)23(11-14-24-15-12-23)27-16-2-13-25-27;/h2,5-8,13,16,20,24H,3-4,9-12,14-15,17-18H2,1H3;1H. The van der Waals surface area contributed by atoms with Crippen LogP contribution in [0.15, 0.2) is 42.7 Å². The summed E-state index contributed by atoms with van der Waals surface area (Å²) in [5, 5.41) is 7.84. The summed E-state index contributed by atoms with van der Waals surface area (Å²) >= 11 is 0. The summed E-state index contributed by atoms with van der Waals surface area (Å²) in [6.07, 6.45) is 9.81. The number of carbonyl (C=O) groups excluding carboxylic acids is 1. The lowest BCUT2D eigenvalue weighted by Gasteiger charge is -2.42. The minimum Gasteiger partial charge on any atom is -0.497 e. The van der Waals surface area contributed by atoms with Gasteiger partial charge in [0.1, 0.15) is 11.3 Å². The van der Waals surface area contributed by atoms with E-state index in [1.54, 1.807) is 13.3 Å². The maximum absolute atomic E-state index is 13.5. The summed E-state index contributed by atoms with van der Waals surface area (Å²) in [4.78, 5) is 15.6. The predicted molar refractivity (Wildman–Crippen MR) is 120 cm³/mol. The van der Waals surface area contributed by atoms with E-state index in [1.807, 2.05) is 29.1 Å². The molecule has 0 spiro atoms. The second kappa shape index (κ2) is 10.3. The number of amides is 1. The molecule has 1 aromatic carbocycles. The summed E-state index contributed by atoms with van der Waals surface area (Å²) in [5.74, 6) is 1.86. The summed E-state index contributed by atoms with van der Waals surface area (Å²) < 4.78 is 7.14. The molecule has 0 saturated carbocycles. The van der Waals surface area contributed by atoms with Crippen molar-refractivity contribution in [3.63, 3.8) is 0 Å². The molecule has 6 nitrogen and oxygen atoms in total. The molecule has 2 aromatic rings. The first-order valence-electron chi connectivity index (χ1n) is 10.8. The molecule has 1 amide bonds. The van der Waals surface area contributed by atoms with Crippen molar-refractivity contribution < 1.29 is 9.53 Å². The van der Waals surface area contributed by atoms with Gasteiger partial charge in [-0.25, -0.2) is 0 Å². The Balaban J connectivity index is 0.00000256. The van der Waals surface area contributed by atoms with Gasteiger partial charge in [-0.3, -0.25) is 9.48 Å². The smallest absolute Gasteiger partial charge is 0.250 e. The number of nitrogens with zero attached hydrogens (tertiary/aromatic N) is 3. The molecule has 4 rings (SSSR count). The van der Waals surface area contributed by atoms with Crippen molar-refractivity contribution in [2.24, 2.45) is 5.92 Å². The van der Waals surface area contributed by atoms with Gasteiger partial charge < -0.3 is 15.0 Å². The summed E-state index contributed by atoms with van der Waals surface area (Å²) in [5.41, 5.74) is 0.849. The van der Waals surface area contributed by atoms with Crippen LogP contribution in [0.5, 0.6) is 5.75 Å². The Hall–Kier alpha value is -2.05. The number of aromatic nitrogens is 2. The van der Waals surface area contributed by atoms with Crippen molar-refractivity contribution in [2.75, 3.05) is 33.3 Å². The molecule has 2 fully saturated rings. The minimum absolute atomic E-state index is 0. The van der Waals surface area contributed by atoms with Gasteiger partial charge in [-0.2, -0.15) is 5.10 Å². The van der Waals surface area contributed by atoms with Gasteiger partial charge in [0.05, 0.1) is 7.11 Å². The van der Waals surface area contributed by atoms with Crippen LogP contribution in [-0.2, 0) is 16.8 Å². The van der Waals surface area contributed by atoms with Crippen LogP contribution in [0.25, 0.3) is 0 Å². The van der Waals surface area contributed by atoms with Gasteiger partial charge in [0, 0.05) is 25.5 Å². The van der Waals surface area contributed by atoms with E-state index in [4.69, 9.17) is 4.74 Å². The first-order valence-corrected chi connectivity index (χ1v) is 10.8. The van der Waals surface area contributed by atoms with Crippen molar-refractivity contribution in [2.45, 2.75) is 44.1 Å². The Labute approximate surface area is 185 Å². The maximum Gasteiger partial charge on any atom is 0.250 e. The van der Waals surface area contributed by atoms with Crippen molar-refractivity contribution in [3.05, 3.63) is 48.3 Å². The highest BCUT2D eigenvalue weighted by atomic mass is 35.5. The highest BCUT2D eigenvalue weighted by Crippen LogP contribution is 2.32. The topological polar surface area (TPSA) is 59.4 Å². The number of aryl methyl sites for hydroxylation is 1. The Morgan fingerprint density at radius 2 is 1.90 bits per heavy atom. The predicted octanol–water partition coefficient (Wildman–Crippen LogP) is 3.26. The molecule has 30 heavy (non-hydrogen) atoms. The molecule has 0 aliphatic carbocycles. The van der Waals surface area contributed by atoms with Crippen LogP contribution in [0.4, 0.5) is 0 Å². The van der Waals surface area contributed by atoms with Gasteiger partial charge in [0.2, 0.25) is 0 Å². The zero-order valence-corrected chi connectivity index (χ0v) is 18.6. The molecule has 3 heterocycles. The fourth-order valence-electron chi connectivity index (χ4n) is 4.79. The van der Waals surface area contributed by atoms with E-state index in [0.717, 1.165) is 64.0 Å². The number of likely N-dealkylation sites (tertiary alicyclic amines) is 1. The van der Waals surface area contributed by atoms with E-state index < -0.39 is 5.54 Å². The fraction of sp³-hybridized carbons (Fsp3) is 0.565. The van der Waals surface area contributed by atoms with Crippen LogP contribution in [-0.4, -0.2) is 53.9 Å². The average molecular weight is 433 g/mol. The summed E-state index contributed by atoms with van der Waals surface area (Å²) in [6, 6.07) is 10.3. The van der Waals surface area contributed by atoms with Gasteiger partial charge >= 0.3 is 0 Å². The van der Waals surface area contributed by atoms with Crippen LogP contribution in [0.2, 0.25) is 0 Å². The van der Waals surface area contributed by atoms with Crippen molar-refractivity contribution >= 4 is 18.3 Å². The van der Waals surface area contributed by atoms with Crippen molar-refractivity contribution in [1.29, 1.82) is 0 Å². The Bertz CT molecular complexity index is 780. The number of methoxy groups -OCH3 is 1. The molecular formula is C23H33ClN4O2. The number of halogens is 1. The highest BCUT2D eigenvalue weighted by Gasteiger charge is 2.44. The van der Waals surface area contributed by atoms with Crippen LogP contribution in [0.1, 0.15) is 37.7 Å². The third-order valence-electron chi connectivity index (χ3n) is 6.67. The van der Waals surface area contributed by atoms with E-state index in [0.29, 0.717) is 5.92 Å². The van der Waals surface area contributed by atoms with E-state index >= 15 is 0 Å². The molecule has 0 unspecified atom stereocenters.